The van der Waals surface area contributed by atoms with Gasteiger partial charge in [-0.05, 0) is 22.8 Å². The normalized spacial score (nSPS) is 16.6. The van der Waals surface area contributed by atoms with Crippen LogP contribution in [0.1, 0.15) is 24.8 Å². The molecule has 0 radical (unpaired) electrons. The molecule has 0 aliphatic carbocycles. The smallest absolute Gasteiger partial charge is 0.225 e. The number of imidazole rings is 1. The van der Waals surface area contributed by atoms with E-state index in [1.54, 1.807) is 12.5 Å². The van der Waals surface area contributed by atoms with Crippen molar-refractivity contribution in [2.75, 3.05) is 6.54 Å². The highest BCUT2D eigenvalue weighted by atomic mass is 16.2. The van der Waals surface area contributed by atoms with E-state index < -0.39 is 0 Å². The average molecular weight is 376 g/mol. The molecule has 4 rings (SSSR count). The minimum atomic E-state index is -0.108. The number of aryl methyl sites for hydroxylation is 1. The van der Waals surface area contributed by atoms with E-state index in [1.165, 1.54) is 10.8 Å². The first-order valence-electron chi connectivity index (χ1n) is 9.68. The maximum atomic E-state index is 12.4. The molecule has 1 fully saturated rings. The summed E-state index contributed by atoms with van der Waals surface area (Å²) in [5, 5.41) is 5.36. The average Bonchev–Trinajstić information content (AvgIpc) is 3.32. The predicted octanol–water partition coefficient (Wildman–Crippen LogP) is 2.73. The highest BCUT2D eigenvalue weighted by Gasteiger charge is 2.30. The summed E-state index contributed by atoms with van der Waals surface area (Å²) in [6, 6.07) is 14.3. The van der Waals surface area contributed by atoms with Crippen LogP contribution < -0.4 is 5.32 Å². The van der Waals surface area contributed by atoms with Crippen LogP contribution in [-0.2, 0) is 22.7 Å². The molecule has 3 aromatic rings. The van der Waals surface area contributed by atoms with Crippen LogP contribution in [0, 0.1) is 0 Å². The molecule has 6 heteroatoms. The Kier molecular flexibility index (Phi) is 5.37. The first-order chi connectivity index (χ1) is 13.7. The largest absolute Gasteiger partial charge is 0.351 e. The van der Waals surface area contributed by atoms with E-state index in [-0.39, 0.29) is 17.9 Å². The van der Waals surface area contributed by atoms with Gasteiger partial charge in [0.2, 0.25) is 11.8 Å². The molecule has 6 nitrogen and oxygen atoms in total. The number of benzene rings is 2. The van der Waals surface area contributed by atoms with Gasteiger partial charge in [-0.15, -0.1) is 0 Å². The summed E-state index contributed by atoms with van der Waals surface area (Å²) >= 11 is 0. The second-order valence-corrected chi connectivity index (χ2v) is 7.29. The number of carbonyl (C=O) groups excluding carboxylic acids is 2. The van der Waals surface area contributed by atoms with E-state index in [0.717, 1.165) is 18.5 Å². The lowest BCUT2D eigenvalue weighted by atomic mass is 10.0. The van der Waals surface area contributed by atoms with Gasteiger partial charge in [-0.1, -0.05) is 42.5 Å². The van der Waals surface area contributed by atoms with Crippen molar-refractivity contribution in [1.29, 1.82) is 0 Å². The zero-order valence-corrected chi connectivity index (χ0v) is 15.8. The van der Waals surface area contributed by atoms with Gasteiger partial charge >= 0.3 is 0 Å². The third-order valence-electron chi connectivity index (χ3n) is 5.20. The van der Waals surface area contributed by atoms with E-state index in [0.29, 0.717) is 25.9 Å². The number of hydrogen-bond donors (Lipinski definition) is 1. The Labute approximate surface area is 164 Å². The van der Waals surface area contributed by atoms with Gasteiger partial charge in [-0.25, -0.2) is 4.98 Å². The number of nitrogens with one attached hydrogen (secondary N) is 1. The van der Waals surface area contributed by atoms with Crippen LogP contribution in [0.4, 0.5) is 0 Å². The lowest BCUT2D eigenvalue weighted by Gasteiger charge is -2.18. The SMILES string of the molecule is O=C(CCCn1ccnc1)NC1CC(=O)N(Cc2cccc3ccccc23)C1. The molecule has 1 N–H and O–H groups in total. The summed E-state index contributed by atoms with van der Waals surface area (Å²) in [5.74, 6) is 0.0987. The maximum Gasteiger partial charge on any atom is 0.225 e. The van der Waals surface area contributed by atoms with Crippen molar-refractivity contribution >= 4 is 22.6 Å². The number of amides is 2. The Hall–Kier alpha value is -3.15. The van der Waals surface area contributed by atoms with Crippen molar-refractivity contribution in [2.24, 2.45) is 0 Å². The van der Waals surface area contributed by atoms with Crippen molar-refractivity contribution < 1.29 is 9.59 Å². The zero-order chi connectivity index (χ0) is 19.3. The third-order valence-corrected chi connectivity index (χ3v) is 5.20. The molecule has 28 heavy (non-hydrogen) atoms. The summed E-state index contributed by atoms with van der Waals surface area (Å²) in [7, 11) is 0. The van der Waals surface area contributed by atoms with Crippen molar-refractivity contribution in [1.82, 2.24) is 19.8 Å². The quantitative estimate of drug-likeness (QED) is 0.689. The van der Waals surface area contributed by atoms with Gasteiger partial charge < -0.3 is 14.8 Å². The Morgan fingerprint density at radius 3 is 2.89 bits per heavy atom. The molecule has 0 saturated carbocycles. The van der Waals surface area contributed by atoms with Crippen LogP contribution in [0.2, 0.25) is 0 Å². The molecular weight excluding hydrogens is 352 g/mol. The Morgan fingerprint density at radius 1 is 1.18 bits per heavy atom. The van der Waals surface area contributed by atoms with Crippen molar-refractivity contribution in [2.45, 2.75) is 38.4 Å². The number of carbonyl (C=O) groups is 2. The second-order valence-electron chi connectivity index (χ2n) is 7.29. The second kappa shape index (κ2) is 8.25. The van der Waals surface area contributed by atoms with Crippen molar-refractivity contribution in [3.05, 3.63) is 66.7 Å². The van der Waals surface area contributed by atoms with Crippen LogP contribution in [0.25, 0.3) is 10.8 Å². The number of fused-ring (bicyclic) bond motifs is 1. The Morgan fingerprint density at radius 2 is 2.04 bits per heavy atom. The third kappa shape index (κ3) is 4.22. The molecule has 1 unspecified atom stereocenters. The molecule has 1 aromatic heterocycles. The Balaban J connectivity index is 1.30. The number of nitrogens with zero attached hydrogens (tertiary/aromatic N) is 3. The van der Waals surface area contributed by atoms with Gasteiger partial charge in [0.05, 0.1) is 12.4 Å². The van der Waals surface area contributed by atoms with Gasteiger partial charge in [0, 0.05) is 44.9 Å². The Bertz CT molecular complexity index is 962. The van der Waals surface area contributed by atoms with Crippen LogP contribution in [0.15, 0.2) is 61.2 Å². The molecule has 1 saturated heterocycles. The van der Waals surface area contributed by atoms with Gasteiger partial charge in [-0.2, -0.15) is 0 Å². The number of aromatic nitrogens is 2. The summed E-state index contributed by atoms with van der Waals surface area (Å²) in [4.78, 5) is 30.5. The van der Waals surface area contributed by atoms with Gasteiger partial charge in [-0.3, -0.25) is 9.59 Å². The van der Waals surface area contributed by atoms with Gasteiger partial charge in [0.15, 0.2) is 0 Å². The molecule has 2 heterocycles. The number of likely N-dealkylation sites (tertiary alicyclic amines) is 1. The lowest BCUT2D eigenvalue weighted by molar-refractivity contribution is -0.128. The topological polar surface area (TPSA) is 67.2 Å². The van der Waals surface area contributed by atoms with Gasteiger partial charge in [0.25, 0.3) is 0 Å². The molecule has 2 amide bonds. The summed E-state index contributed by atoms with van der Waals surface area (Å²) in [5.41, 5.74) is 1.14. The summed E-state index contributed by atoms with van der Waals surface area (Å²) in [6.45, 7) is 1.91. The van der Waals surface area contributed by atoms with E-state index >= 15 is 0 Å². The fourth-order valence-electron chi connectivity index (χ4n) is 3.80. The van der Waals surface area contributed by atoms with E-state index in [1.807, 2.05) is 33.9 Å². The first kappa shape index (κ1) is 18.2. The lowest BCUT2D eigenvalue weighted by Crippen LogP contribution is -2.37. The first-order valence-corrected chi connectivity index (χ1v) is 9.68. The van der Waals surface area contributed by atoms with Gasteiger partial charge in [0.1, 0.15) is 0 Å². The minimum absolute atomic E-state index is 0.00456. The van der Waals surface area contributed by atoms with E-state index in [4.69, 9.17) is 0 Å². The molecule has 0 spiro atoms. The standard InChI is InChI=1S/C22H24N4O2/c27-21(9-4-11-25-12-10-23-16-25)24-19-13-22(28)26(15-19)14-18-7-3-6-17-5-1-2-8-20(17)18/h1-3,5-8,10,12,16,19H,4,9,11,13-15H2,(H,24,27). The van der Waals surface area contributed by atoms with Crippen LogP contribution in [0.3, 0.4) is 0 Å². The maximum absolute atomic E-state index is 12.4. The van der Waals surface area contributed by atoms with Crippen LogP contribution in [-0.4, -0.2) is 38.9 Å². The molecule has 144 valence electrons. The molecule has 0 bridgehead atoms. The highest BCUT2D eigenvalue weighted by Crippen LogP contribution is 2.22. The molecule has 1 aliphatic heterocycles. The van der Waals surface area contributed by atoms with Crippen LogP contribution >= 0.6 is 0 Å². The van der Waals surface area contributed by atoms with E-state index in [9.17, 15) is 9.59 Å². The molecule has 1 atom stereocenters. The molecule has 1 aliphatic rings. The van der Waals surface area contributed by atoms with E-state index in [2.05, 4.69) is 34.6 Å². The summed E-state index contributed by atoms with van der Waals surface area (Å²) in [6.07, 6.45) is 6.94. The molecule has 2 aromatic carbocycles. The van der Waals surface area contributed by atoms with Crippen molar-refractivity contribution in [3.63, 3.8) is 0 Å². The highest BCUT2D eigenvalue weighted by molar-refractivity contribution is 5.87. The fraction of sp³-hybridized carbons (Fsp3) is 0.318. The summed E-state index contributed by atoms with van der Waals surface area (Å²) < 4.78 is 1.96. The number of hydrogen-bond acceptors (Lipinski definition) is 3. The zero-order valence-electron chi connectivity index (χ0n) is 15.8. The van der Waals surface area contributed by atoms with Crippen molar-refractivity contribution in [3.8, 4) is 0 Å². The monoisotopic (exact) mass is 376 g/mol. The number of rotatable bonds is 7. The fourth-order valence-corrected chi connectivity index (χ4v) is 3.80. The predicted molar refractivity (Wildman–Crippen MR) is 107 cm³/mol. The molecular formula is C22H24N4O2. The minimum Gasteiger partial charge on any atom is -0.351 e. The van der Waals surface area contributed by atoms with Crippen LogP contribution in [0.5, 0.6) is 0 Å².